The number of aromatic nitrogens is 4. The quantitative estimate of drug-likeness (QED) is 0.266. The maximum atomic E-state index is 13.1. The van der Waals surface area contributed by atoms with Crippen LogP contribution < -0.4 is 16.4 Å². The van der Waals surface area contributed by atoms with Crippen LogP contribution in [-0.4, -0.2) is 25.3 Å². The van der Waals surface area contributed by atoms with Gasteiger partial charge >= 0.3 is 6.18 Å². The number of hydrogen-bond acceptors (Lipinski definition) is 6. The van der Waals surface area contributed by atoms with Crippen LogP contribution in [0.5, 0.6) is 0 Å². The van der Waals surface area contributed by atoms with Crippen LogP contribution in [0, 0.1) is 6.92 Å². The van der Waals surface area contributed by atoms with Crippen molar-refractivity contribution in [3.05, 3.63) is 95.9 Å². The standard InChI is InChI=1S/C26H20F3N7O/c1-15-23(36-13-11-17(26(27,28)29)14-22(36)32-15)21-10-12-31-25(35-21)33-18-8-6-16(7-9-18)24(37)34-20-5-3-2-4-19(20)30/h2-14H,30H2,1H3,(H,34,37)(H,31,33,35). The molecule has 0 fully saturated rings. The Morgan fingerprint density at radius 3 is 2.49 bits per heavy atom. The van der Waals surface area contributed by atoms with E-state index in [0.29, 0.717) is 39.7 Å². The predicted octanol–water partition coefficient (Wildman–Crippen LogP) is 5.70. The van der Waals surface area contributed by atoms with Crippen LogP contribution in [0.2, 0.25) is 0 Å². The number of nitrogens with two attached hydrogens (primary N) is 1. The number of nitrogen functional groups attached to an aromatic ring is 1. The number of nitrogens with one attached hydrogen (secondary N) is 2. The van der Waals surface area contributed by atoms with Crippen molar-refractivity contribution in [2.45, 2.75) is 13.1 Å². The summed E-state index contributed by atoms with van der Waals surface area (Å²) in [6.07, 6.45) is -1.59. The minimum atomic E-state index is -4.46. The fourth-order valence-electron chi connectivity index (χ4n) is 3.84. The Hall–Kier alpha value is -4.93. The van der Waals surface area contributed by atoms with Gasteiger partial charge in [0.15, 0.2) is 0 Å². The predicted molar refractivity (Wildman–Crippen MR) is 134 cm³/mol. The van der Waals surface area contributed by atoms with Crippen LogP contribution in [0.3, 0.4) is 0 Å². The number of fused-ring (bicyclic) bond motifs is 1. The molecular weight excluding hydrogens is 483 g/mol. The first-order valence-corrected chi connectivity index (χ1v) is 11.1. The first kappa shape index (κ1) is 23.8. The normalized spacial score (nSPS) is 11.5. The number of aryl methyl sites for hydroxylation is 1. The van der Waals surface area contributed by atoms with Gasteiger partial charge in [0.25, 0.3) is 5.91 Å². The molecule has 0 saturated heterocycles. The second kappa shape index (κ2) is 9.26. The van der Waals surface area contributed by atoms with Crippen LogP contribution in [0.1, 0.15) is 21.6 Å². The lowest BCUT2D eigenvalue weighted by molar-refractivity contribution is -0.137. The van der Waals surface area contributed by atoms with E-state index >= 15 is 0 Å². The summed E-state index contributed by atoms with van der Waals surface area (Å²) in [6.45, 7) is 1.71. The number of anilines is 4. The largest absolute Gasteiger partial charge is 0.416 e. The van der Waals surface area contributed by atoms with E-state index in [-0.39, 0.29) is 17.5 Å². The van der Waals surface area contributed by atoms with Crippen molar-refractivity contribution in [3.63, 3.8) is 0 Å². The zero-order valence-corrected chi connectivity index (χ0v) is 19.4. The van der Waals surface area contributed by atoms with Crippen molar-refractivity contribution in [3.8, 4) is 11.4 Å². The Balaban J connectivity index is 1.36. The highest BCUT2D eigenvalue weighted by molar-refractivity contribution is 6.05. The molecule has 5 rings (SSSR count). The molecule has 3 heterocycles. The van der Waals surface area contributed by atoms with Crippen molar-refractivity contribution in [1.29, 1.82) is 0 Å². The molecule has 0 spiro atoms. The minimum Gasteiger partial charge on any atom is -0.397 e. The van der Waals surface area contributed by atoms with Gasteiger partial charge in [0.05, 0.1) is 34.0 Å². The molecule has 0 bridgehead atoms. The lowest BCUT2D eigenvalue weighted by Crippen LogP contribution is -2.13. The van der Waals surface area contributed by atoms with Gasteiger partial charge in [-0.05, 0) is 61.5 Å². The molecule has 0 aliphatic rings. The number of alkyl halides is 3. The fraction of sp³-hybridized carbons (Fsp3) is 0.0769. The number of para-hydroxylation sites is 2. The summed E-state index contributed by atoms with van der Waals surface area (Å²) in [4.78, 5) is 25.6. The number of rotatable bonds is 5. The number of imidazole rings is 1. The number of hydrogen-bond donors (Lipinski definition) is 3. The summed E-state index contributed by atoms with van der Waals surface area (Å²) >= 11 is 0. The number of halogens is 3. The van der Waals surface area contributed by atoms with Crippen LogP contribution in [0.4, 0.5) is 36.2 Å². The van der Waals surface area contributed by atoms with Gasteiger partial charge in [0.1, 0.15) is 5.65 Å². The van der Waals surface area contributed by atoms with Crippen LogP contribution in [0.15, 0.2) is 79.1 Å². The molecule has 8 nitrogen and oxygen atoms in total. The van der Waals surface area contributed by atoms with E-state index < -0.39 is 11.7 Å². The number of benzene rings is 2. The zero-order chi connectivity index (χ0) is 26.2. The minimum absolute atomic E-state index is 0.168. The van der Waals surface area contributed by atoms with Crippen molar-refractivity contribution >= 4 is 34.6 Å². The van der Waals surface area contributed by atoms with Crippen LogP contribution >= 0.6 is 0 Å². The van der Waals surface area contributed by atoms with Gasteiger partial charge in [-0.3, -0.25) is 9.20 Å². The van der Waals surface area contributed by atoms with E-state index in [1.54, 1.807) is 72.1 Å². The van der Waals surface area contributed by atoms with Crippen LogP contribution in [-0.2, 0) is 6.18 Å². The van der Waals surface area contributed by atoms with Gasteiger partial charge in [0, 0.05) is 23.6 Å². The Kier molecular flexibility index (Phi) is 5.96. The Morgan fingerprint density at radius 2 is 1.76 bits per heavy atom. The molecule has 0 aliphatic heterocycles. The van der Waals surface area contributed by atoms with Gasteiger partial charge in [-0.25, -0.2) is 15.0 Å². The monoisotopic (exact) mass is 503 g/mol. The average molecular weight is 503 g/mol. The summed E-state index contributed by atoms with van der Waals surface area (Å²) < 4.78 is 40.8. The third-order valence-corrected chi connectivity index (χ3v) is 5.64. The molecule has 5 aromatic rings. The van der Waals surface area contributed by atoms with Crippen molar-refractivity contribution in [2.24, 2.45) is 0 Å². The van der Waals surface area contributed by atoms with Crippen molar-refractivity contribution in [2.75, 3.05) is 16.4 Å². The van der Waals surface area contributed by atoms with Gasteiger partial charge in [0.2, 0.25) is 5.95 Å². The van der Waals surface area contributed by atoms with E-state index in [1.807, 2.05) is 0 Å². The molecule has 37 heavy (non-hydrogen) atoms. The number of carbonyl (C=O) groups excluding carboxylic acids is 1. The lowest BCUT2D eigenvalue weighted by atomic mass is 10.2. The molecule has 0 aliphatic carbocycles. The molecule has 4 N–H and O–H groups in total. The van der Waals surface area contributed by atoms with E-state index in [2.05, 4.69) is 25.6 Å². The Morgan fingerprint density at radius 1 is 1.00 bits per heavy atom. The first-order chi connectivity index (χ1) is 17.7. The molecule has 2 aromatic carbocycles. The molecule has 0 saturated carbocycles. The second-order valence-electron chi connectivity index (χ2n) is 8.20. The van der Waals surface area contributed by atoms with Gasteiger partial charge in [-0.2, -0.15) is 13.2 Å². The first-order valence-electron chi connectivity index (χ1n) is 11.1. The second-order valence-corrected chi connectivity index (χ2v) is 8.20. The molecule has 11 heteroatoms. The van der Waals surface area contributed by atoms with Gasteiger partial charge in [-0.1, -0.05) is 12.1 Å². The Bertz CT molecular complexity index is 1610. The zero-order valence-electron chi connectivity index (χ0n) is 19.4. The van der Waals surface area contributed by atoms with Gasteiger partial charge < -0.3 is 16.4 Å². The SMILES string of the molecule is Cc1nc2cc(C(F)(F)F)ccn2c1-c1ccnc(Nc2ccc(C(=O)Nc3ccccc3N)cc2)n1. The highest BCUT2D eigenvalue weighted by Gasteiger charge is 2.31. The molecule has 0 unspecified atom stereocenters. The van der Waals surface area contributed by atoms with E-state index in [4.69, 9.17) is 5.73 Å². The molecule has 3 aromatic heterocycles. The number of nitrogens with zero attached hydrogens (tertiary/aromatic N) is 4. The van der Waals surface area contributed by atoms with Crippen molar-refractivity contribution < 1.29 is 18.0 Å². The fourth-order valence-corrected chi connectivity index (χ4v) is 3.84. The van der Waals surface area contributed by atoms with E-state index in [1.165, 1.54) is 6.20 Å². The van der Waals surface area contributed by atoms with Crippen LogP contribution in [0.25, 0.3) is 17.0 Å². The topological polar surface area (TPSA) is 110 Å². The third kappa shape index (κ3) is 4.92. The highest BCUT2D eigenvalue weighted by atomic mass is 19.4. The maximum absolute atomic E-state index is 13.1. The van der Waals surface area contributed by atoms with E-state index in [0.717, 1.165) is 12.1 Å². The maximum Gasteiger partial charge on any atom is 0.416 e. The third-order valence-electron chi connectivity index (χ3n) is 5.64. The molecular formula is C26H20F3N7O. The molecule has 0 atom stereocenters. The Labute approximate surface area is 209 Å². The highest BCUT2D eigenvalue weighted by Crippen LogP contribution is 2.32. The molecule has 0 radical (unpaired) electrons. The summed E-state index contributed by atoms with van der Waals surface area (Å²) in [6, 6.07) is 17.3. The molecule has 1 amide bonds. The average Bonchev–Trinajstić information content (AvgIpc) is 3.20. The summed E-state index contributed by atoms with van der Waals surface area (Å²) in [5, 5.41) is 5.85. The summed E-state index contributed by atoms with van der Waals surface area (Å²) in [7, 11) is 0. The number of amides is 1. The van der Waals surface area contributed by atoms with E-state index in [9.17, 15) is 18.0 Å². The van der Waals surface area contributed by atoms with Gasteiger partial charge in [-0.15, -0.1) is 0 Å². The number of carbonyl (C=O) groups is 1. The van der Waals surface area contributed by atoms with Crippen molar-refractivity contribution in [1.82, 2.24) is 19.4 Å². The summed E-state index contributed by atoms with van der Waals surface area (Å²) in [5.41, 5.74) is 8.90. The summed E-state index contributed by atoms with van der Waals surface area (Å²) in [5.74, 6) is -0.0347. The molecule has 186 valence electrons. The lowest BCUT2D eigenvalue weighted by Gasteiger charge is -2.10. The number of pyridine rings is 1. The smallest absolute Gasteiger partial charge is 0.397 e.